The van der Waals surface area contributed by atoms with Crippen molar-refractivity contribution in [1.82, 2.24) is 10.2 Å². The molecule has 0 bridgehead atoms. The minimum Gasteiger partial charge on any atom is -0.340 e. The van der Waals surface area contributed by atoms with Crippen LogP contribution >= 0.6 is 0 Å². The van der Waals surface area contributed by atoms with Gasteiger partial charge in [0.25, 0.3) is 0 Å². The first-order valence-electron chi connectivity index (χ1n) is 7.40. The lowest BCUT2D eigenvalue weighted by Crippen LogP contribution is -2.55. The number of nitrogens with one attached hydrogen (secondary N) is 1. The smallest absolute Gasteiger partial charge is 0.222 e. The van der Waals surface area contributed by atoms with Crippen LogP contribution in [-0.4, -0.2) is 36.0 Å². The number of piperazine rings is 1. The number of nitrogens with two attached hydrogens (primary N) is 1. The summed E-state index contributed by atoms with van der Waals surface area (Å²) in [4.78, 5) is 14.2. The van der Waals surface area contributed by atoms with Gasteiger partial charge in [-0.3, -0.25) is 4.79 Å². The van der Waals surface area contributed by atoms with Gasteiger partial charge < -0.3 is 16.0 Å². The maximum Gasteiger partial charge on any atom is 0.222 e. The van der Waals surface area contributed by atoms with Crippen molar-refractivity contribution in [2.24, 2.45) is 5.73 Å². The summed E-state index contributed by atoms with van der Waals surface area (Å²) in [5, 5.41) is 3.44. The molecule has 20 heavy (non-hydrogen) atoms. The van der Waals surface area contributed by atoms with Crippen molar-refractivity contribution in [3.05, 3.63) is 35.9 Å². The van der Waals surface area contributed by atoms with E-state index in [1.165, 1.54) is 0 Å². The van der Waals surface area contributed by atoms with E-state index in [2.05, 4.69) is 19.2 Å². The second-order valence-electron chi connectivity index (χ2n) is 5.82. The van der Waals surface area contributed by atoms with Gasteiger partial charge in [0.15, 0.2) is 0 Å². The van der Waals surface area contributed by atoms with Crippen molar-refractivity contribution in [3.8, 4) is 0 Å². The van der Waals surface area contributed by atoms with Crippen molar-refractivity contribution in [2.75, 3.05) is 13.1 Å². The molecule has 4 heteroatoms. The summed E-state index contributed by atoms with van der Waals surface area (Å²) in [6.45, 7) is 5.82. The highest BCUT2D eigenvalue weighted by Gasteiger charge is 2.24. The molecule has 3 atom stereocenters. The van der Waals surface area contributed by atoms with E-state index in [0.717, 1.165) is 18.7 Å². The van der Waals surface area contributed by atoms with Crippen LogP contribution < -0.4 is 11.1 Å². The Morgan fingerprint density at radius 3 is 2.50 bits per heavy atom. The molecule has 1 aliphatic heterocycles. The summed E-state index contributed by atoms with van der Waals surface area (Å²) in [7, 11) is 0. The van der Waals surface area contributed by atoms with Crippen molar-refractivity contribution < 1.29 is 4.79 Å². The van der Waals surface area contributed by atoms with Gasteiger partial charge in [-0.25, -0.2) is 0 Å². The number of rotatable bonds is 4. The van der Waals surface area contributed by atoms with Crippen LogP contribution in [0.5, 0.6) is 0 Å². The molecule has 1 heterocycles. The molecular weight excluding hydrogens is 250 g/mol. The van der Waals surface area contributed by atoms with Crippen LogP contribution in [0.25, 0.3) is 0 Å². The summed E-state index contributed by atoms with van der Waals surface area (Å²) < 4.78 is 0. The average Bonchev–Trinajstić information content (AvgIpc) is 2.44. The van der Waals surface area contributed by atoms with Gasteiger partial charge >= 0.3 is 0 Å². The molecule has 0 saturated carbocycles. The molecule has 0 spiro atoms. The van der Waals surface area contributed by atoms with E-state index in [-0.39, 0.29) is 11.9 Å². The molecule has 1 aromatic carbocycles. The number of hydrogen-bond donors (Lipinski definition) is 2. The third kappa shape index (κ3) is 4.05. The van der Waals surface area contributed by atoms with Gasteiger partial charge in [0.2, 0.25) is 5.91 Å². The maximum absolute atomic E-state index is 12.3. The Morgan fingerprint density at radius 2 is 1.90 bits per heavy atom. The number of hydrogen-bond acceptors (Lipinski definition) is 3. The predicted octanol–water partition coefficient (Wildman–Crippen LogP) is 1.68. The van der Waals surface area contributed by atoms with Gasteiger partial charge in [-0.05, 0) is 25.8 Å². The van der Waals surface area contributed by atoms with E-state index in [1.807, 2.05) is 35.2 Å². The highest BCUT2D eigenvalue weighted by molar-refractivity contribution is 5.76. The molecule has 1 aliphatic rings. The second-order valence-corrected chi connectivity index (χ2v) is 5.82. The molecule has 1 fully saturated rings. The van der Waals surface area contributed by atoms with E-state index in [9.17, 15) is 4.79 Å². The van der Waals surface area contributed by atoms with Gasteiger partial charge in [0.05, 0.1) is 0 Å². The molecular formula is C16H25N3O. The minimum absolute atomic E-state index is 0.0575. The molecule has 110 valence electrons. The van der Waals surface area contributed by atoms with Gasteiger partial charge in [0, 0.05) is 37.6 Å². The monoisotopic (exact) mass is 275 g/mol. The Hall–Kier alpha value is -1.39. The summed E-state index contributed by atoms with van der Waals surface area (Å²) in [6.07, 6.45) is 1.23. The van der Waals surface area contributed by atoms with Crippen LogP contribution in [0.3, 0.4) is 0 Å². The number of benzene rings is 1. The SMILES string of the molecule is C[C@@H]1CN(C(=O)CC[C@H](N)c2ccccc2)C[C@H](C)N1. The van der Waals surface area contributed by atoms with E-state index in [1.54, 1.807) is 0 Å². The Morgan fingerprint density at radius 1 is 1.30 bits per heavy atom. The maximum atomic E-state index is 12.3. The first-order chi connectivity index (χ1) is 9.56. The van der Waals surface area contributed by atoms with E-state index >= 15 is 0 Å². The van der Waals surface area contributed by atoms with Crippen LogP contribution in [0.1, 0.15) is 38.3 Å². The van der Waals surface area contributed by atoms with Crippen molar-refractivity contribution in [1.29, 1.82) is 0 Å². The molecule has 0 aromatic heterocycles. The average molecular weight is 275 g/mol. The van der Waals surface area contributed by atoms with Crippen LogP contribution in [0.15, 0.2) is 30.3 Å². The van der Waals surface area contributed by atoms with Crippen LogP contribution in [-0.2, 0) is 4.79 Å². The molecule has 1 aromatic rings. The topological polar surface area (TPSA) is 58.4 Å². The fraction of sp³-hybridized carbons (Fsp3) is 0.562. The quantitative estimate of drug-likeness (QED) is 0.879. The lowest BCUT2D eigenvalue weighted by atomic mass is 10.0. The van der Waals surface area contributed by atoms with Crippen LogP contribution in [0.2, 0.25) is 0 Å². The number of carbonyl (C=O) groups excluding carboxylic acids is 1. The molecule has 0 radical (unpaired) electrons. The number of amides is 1. The largest absolute Gasteiger partial charge is 0.340 e. The molecule has 1 amide bonds. The van der Waals surface area contributed by atoms with E-state index in [0.29, 0.717) is 24.9 Å². The van der Waals surface area contributed by atoms with Gasteiger partial charge in [-0.1, -0.05) is 30.3 Å². The zero-order chi connectivity index (χ0) is 14.5. The van der Waals surface area contributed by atoms with E-state index < -0.39 is 0 Å². The van der Waals surface area contributed by atoms with Gasteiger partial charge in [-0.15, -0.1) is 0 Å². The second kappa shape index (κ2) is 6.86. The third-order valence-corrected chi connectivity index (χ3v) is 3.81. The molecule has 1 saturated heterocycles. The highest BCUT2D eigenvalue weighted by Crippen LogP contribution is 2.16. The summed E-state index contributed by atoms with van der Waals surface area (Å²) in [5.41, 5.74) is 7.24. The highest BCUT2D eigenvalue weighted by atomic mass is 16.2. The lowest BCUT2D eigenvalue weighted by Gasteiger charge is -2.36. The first-order valence-corrected chi connectivity index (χ1v) is 7.40. The number of carbonyl (C=O) groups is 1. The summed E-state index contributed by atoms with van der Waals surface area (Å²) in [5.74, 6) is 0.219. The minimum atomic E-state index is -0.0575. The van der Waals surface area contributed by atoms with Gasteiger partial charge in [0.1, 0.15) is 0 Å². The van der Waals surface area contributed by atoms with Crippen molar-refractivity contribution in [3.63, 3.8) is 0 Å². The normalized spacial score (nSPS) is 24.4. The Kier molecular flexibility index (Phi) is 5.15. The van der Waals surface area contributed by atoms with Crippen molar-refractivity contribution >= 4 is 5.91 Å². The Balaban J connectivity index is 1.83. The zero-order valence-corrected chi connectivity index (χ0v) is 12.4. The lowest BCUT2D eigenvalue weighted by molar-refractivity contribution is -0.133. The van der Waals surface area contributed by atoms with E-state index in [4.69, 9.17) is 5.73 Å². The third-order valence-electron chi connectivity index (χ3n) is 3.81. The zero-order valence-electron chi connectivity index (χ0n) is 12.4. The molecule has 2 rings (SSSR count). The summed E-state index contributed by atoms with van der Waals surface area (Å²) in [6, 6.07) is 10.7. The van der Waals surface area contributed by atoms with Crippen LogP contribution in [0.4, 0.5) is 0 Å². The Bertz CT molecular complexity index is 425. The number of nitrogens with zero attached hydrogens (tertiary/aromatic N) is 1. The molecule has 3 N–H and O–H groups in total. The first kappa shape index (κ1) is 15.0. The standard InChI is InChI=1S/C16H25N3O/c1-12-10-19(11-13(2)18-12)16(20)9-8-15(17)14-6-4-3-5-7-14/h3-7,12-13,15,18H,8-11,17H2,1-2H3/t12-,13+,15-/m0/s1. The fourth-order valence-corrected chi connectivity index (χ4v) is 2.83. The van der Waals surface area contributed by atoms with Crippen LogP contribution in [0, 0.1) is 0 Å². The Labute approximate surface area is 121 Å². The molecule has 0 unspecified atom stereocenters. The predicted molar refractivity (Wildman–Crippen MR) is 81.2 cm³/mol. The van der Waals surface area contributed by atoms with Crippen molar-refractivity contribution in [2.45, 2.75) is 44.8 Å². The summed E-state index contributed by atoms with van der Waals surface area (Å²) >= 11 is 0. The fourth-order valence-electron chi connectivity index (χ4n) is 2.83. The van der Waals surface area contributed by atoms with Gasteiger partial charge in [-0.2, -0.15) is 0 Å². The molecule has 0 aliphatic carbocycles. The molecule has 4 nitrogen and oxygen atoms in total.